The molecule has 100 valence electrons. The minimum Gasteiger partial charge on any atom is -0.480 e. The molecule has 3 N–H and O–H groups in total. The third-order valence-corrected chi connectivity index (χ3v) is 3.06. The summed E-state index contributed by atoms with van der Waals surface area (Å²) in [5.74, 6) is -2.11. The van der Waals surface area contributed by atoms with Gasteiger partial charge in [0, 0.05) is 5.69 Å². The Labute approximate surface area is 109 Å². The van der Waals surface area contributed by atoms with Crippen LogP contribution >= 0.6 is 0 Å². The van der Waals surface area contributed by atoms with Crippen molar-refractivity contribution in [3.8, 4) is 0 Å². The number of carboxylic acid groups (broad SMARTS) is 1. The van der Waals surface area contributed by atoms with Gasteiger partial charge in [0.05, 0.1) is 6.54 Å². The van der Waals surface area contributed by atoms with Gasteiger partial charge in [0.15, 0.2) is 0 Å². The molecule has 6 nitrogen and oxygen atoms in total. The van der Waals surface area contributed by atoms with Crippen molar-refractivity contribution >= 4 is 23.5 Å². The number of amides is 2. The molecule has 2 amide bonds. The van der Waals surface area contributed by atoms with Crippen LogP contribution < -0.4 is 10.6 Å². The Kier molecular flexibility index (Phi) is 3.50. The average Bonchev–Trinajstić information content (AvgIpc) is 3.18. The molecule has 1 aliphatic carbocycles. The van der Waals surface area contributed by atoms with E-state index in [-0.39, 0.29) is 12.5 Å². The number of nitrogens with one attached hydrogen (secondary N) is 2. The van der Waals surface area contributed by atoms with Crippen LogP contribution in [0.25, 0.3) is 0 Å². The quantitative estimate of drug-likeness (QED) is 0.677. The standard InChI is InChI=1S/C13H14N2O4/c16-10(15-9-4-2-1-3-5-9)8-14-11(17)13(6-7-13)12(18)19/h1-5H,6-8H2,(H,14,17)(H,15,16)(H,18,19). The van der Waals surface area contributed by atoms with Crippen LogP contribution in [0.1, 0.15) is 12.8 Å². The summed E-state index contributed by atoms with van der Waals surface area (Å²) in [4.78, 5) is 34.1. The topological polar surface area (TPSA) is 95.5 Å². The van der Waals surface area contributed by atoms with Gasteiger partial charge in [0.2, 0.25) is 11.8 Å². The van der Waals surface area contributed by atoms with Crippen LogP contribution in [-0.2, 0) is 14.4 Å². The van der Waals surface area contributed by atoms with Gasteiger partial charge >= 0.3 is 5.97 Å². The second kappa shape index (κ2) is 5.09. The molecule has 1 aromatic rings. The van der Waals surface area contributed by atoms with Gasteiger partial charge in [-0.05, 0) is 25.0 Å². The van der Waals surface area contributed by atoms with E-state index < -0.39 is 17.3 Å². The smallest absolute Gasteiger partial charge is 0.319 e. The highest BCUT2D eigenvalue weighted by atomic mass is 16.4. The molecule has 19 heavy (non-hydrogen) atoms. The summed E-state index contributed by atoms with van der Waals surface area (Å²) in [5.41, 5.74) is -0.686. The number of hydrogen-bond acceptors (Lipinski definition) is 3. The molecular formula is C13H14N2O4. The van der Waals surface area contributed by atoms with E-state index in [0.29, 0.717) is 18.5 Å². The largest absolute Gasteiger partial charge is 0.480 e. The highest BCUT2D eigenvalue weighted by Crippen LogP contribution is 2.45. The third kappa shape index (κ3) is 2.90. The Morgan fingerprint density at radius 2 is 1.79 bits per heavy atom. The fourth-order valence-electron chi connectivity index (χ4n) is 1.72. The summed E-state index contributed by atoms with van der Waals surface area (Å²) in [5, 5.41) is 13.9. The average molecular weight is 262 g/mol. The second-order valence-corrected chi connectivity index (χ2v) is 4.48. The number of hydrogen-bond donors (Lipinski definition) is 3. The maximum absolute atomic E-state index is 11.7. The molecular weight excluding hydrogens is 248 g/mol. The lowest BCUT2D eigenvalue weighted by Crippen LogP contribution is -2.40. The van der Waals surface area contributed by atoms with E-state index in [4.69, 9.17) is 5.11 Å². The van der Waals surface area contributed by atoms with Gasteiger partial charge in [-0.1, -0.05) is 18.2 Å². The van der Waals surface area contributed by atoms with Gasteiger partial charge in [-0.2, -0.15) is 0 Å². The van der Waals surface area contributed by atoms with E-state index in [0.717, 1.165) is 0 Å². The molecule has 6 heteroatoms. The molecule has 0 unspecified atom stereocenters. The second-order valence-electron chi connectivity index (χ2n) is 4.48. The van der Waals surface area contributed by atoms with E-state index in [1.165, 1.54) is 0 Å². The van der Waals surface area contributed by atoms with Crippen molar-refractivity contribution in [2.24, 2.45) is 5.41 Å². The third-order valence-electron chi connectivity index (χ3n) is 3.06. The molecule has 0 radical (unpaired) electrons. The summed E-state index contributed by atoms with van der Waals surface area (Å²) < 4.78 is 0. The van der Waals surface area contributed by atoms with Crippen molar-refractivity contribution in [2.45, 2.75) is 12.8 Å². The number of carboxylic acids is 1. The van der Waals surface area contributed by atoms with Crippen molar-refractivity contribution in [3.63, 3.8) is 0 Å². The zero-order chi connectivity index (χ0) is 13.9. The molecule has 2 rings (SSSR count). The zero-order valence-electron chi connectivity index (χ0n) is 10.2. The molecule has 1 fully saturated rings. The van der Waals surface area contributed by atoms with E-state index >= 15 is 0 Å². The molecule has 0 bridgehead atoms. The monoisotopic (exact) mass is 262 g/mol. The van der Waals surface area contributed by atoms with E-state index in [1.54, 1.807) is 24.3 Å². The molecule has 0 saturated heterocycles. The number of carbonyl (C=O) groups excluding carboxylic acids is 2. The van der Waals surface area contributed by atoms with Gasteiger partial charge < -0.3 is 15.7 Å². The number of anilines is 1. The normalized spacial score (nSPS) is 15.4. The predicted octanol–water partition coefficient (Wildman–Crippen LogP) is 0.606. The highest BCUT2D eigenvalue weighted by Gasteiger charge is 2.57. The first-order chi connectivity index (χ1) is 9.04. The highest BCUT2D eigenvalue weighted by molar-refractivity contribution is 6.06. The first-order valence-electron chi connectivity index (χ1n) is 5.91. The van der Waals surface area contributed by atoms with Crippen molar-refractivity contribution < 1.29 is 19.5 Å². The number of para-hydroxylation sites is 1. The fourth-order valence-corrected chi connectivity index (χ4v) is 1.72. The van der Waals surface area contributed by atoms with Crippen molar-refractivity contribution in [1.29, 1.82) is 0 Å². The van der Waals surface area contributed by atoms with Crippen LogP contribution in [0.4, 0.5) is 5.69 Å². The Morgan fingerprint density at radius 3 is 2.32 bits per heavy atom. The SMILES string of the molecule is O=C(CNC(=O)C1(C(=O)O)CC1)Nc1ccccc1. The van der Waals surface area contributed by atoms with Crippen LogP contribution in [-0.4, -0.2) is 29.4 Å². The molecule has 1 saturated carbocycles. The molecule has 0 aromatic heterocycles. The van der Waals surface area contributed by atoms with Gasteiger partial charge in [-0.15, -0.1) is 0 Å². The van der Waals surface area contributed by atoms with E-state index in [9.17, 15) is 14.4 Å². The minimum atomic E-state index is -1.31. The number of rotatable bonds is 5. The van der Waals surface area contributed by atoms with Crippen molar-refractivity contribution in [1.82, 2.24) is 5.32 Å². The lowest BCUT2D eigenvalue weighted by molar-refractivity contribution is -0.149. The summed E-state index contributed by atoms with van der Waals surface area (Å²) in [6.45, 7) is -0.233. The number of benzene rings is 1. The van der Waals surface area contributed by atoms with E-state index in [1.807, 2.05) is 6.07 Å². The van der Waals surface area contributed by atoms with Crippen molar-refractivity contribution in [2.75, 3.05) is 11.9 Å². The molecule has 1 aliphatic rings. The first kappa shape index (κ1) is 13.1. The van der Waals surface area contributed by atoms with Crippen LogP contribution in [0.2, 0.25) is 0 Å². The van der Waals surface area contributed by atoms with Gasteiger partial charge in [-0.3, -0.25) is 14.4 Å². The summed E-state index contributed by atoms with van der Waals surface area (Å²) in [6, 6.07) is 8.81. The Morgan fingerprint density at radius 1 is 1.16 bits per heavy atom. The zero-order valence-corrected chi connectivity index (χ0v) is 10.2. The molecule has 0 heterocycles. The summed E-state index contributed by atoms with van der Waals surface area (Å²) >= 11 is 0. The Bertz CT molecular complexity index is 509. The molecule has 0 aliphatic heterocycles. The van der Waals surface area contributed by atoms with Gasteiger partial charge in [0.25, 0.3) is 0 Å². The molecule has 1 aromatic carbocycles. The van der Waals surface area contributed by atoms with Gasteiger partial charge in [0.1, 0.15) is 5.41 Å². The van der Waals surface area contributed by atoms with Crippen LogP contribution in [0.5, 0.6) is 0 Å². The van der Waals surface area contributed by atoms with Crippen LogP contribution in [0.15, 0.2) is 30.3 Å². The minimum absolute atomic E-state index is 0.233. The summed E-state index contributed by atoms with van der Waals surface area (Å²) in [6.07, 6.45) is 0.656. The van der Waals surface area contributed by atoms with Crippen LogP contribution in [0.3, 0.4) is 0 Å². The summed E-state index contributed by atoms with van der Waals surface area (Å²) in [7, 11) is 0. The van der Waals surface area contributed by atoms with Crippen molar-refractivity contribution in [3.05, 3.63) is 30.3 Å². The maximum atomic E-state index is 11.7. The van der Waals surface area contributed by atoms with Crippen LogP contribution in [0, 0.1) is 5.41 Å². The number of carbonyl (C=O) groups is 3. The predicted molar refractivity (Wildman–Crippen MR) is 67.4 cm³/mol. The maximum Gasteiger partial charge on any atom is 0.319 e. The fraction of sp³-hybridized carbons (Fsp3) is 0.308. The first-order valence-corrected chi connectivity index (χ1v) is 5.91. The van der Waals surface area contributed by atoms with Gasteiger partial charge in [-0.25, -0.2) is 0 Å². The number of aliphatic carboxylic acids is 1. The Balaban J connectivity index is 1.81. The molecule has 0 spiro atoms. The lowest BCUT2D eigenvalue weighted by Gasteiger charge is -2.10. The Hall–Kier alpha value is -2.37. The molecule has 0 atom stereocenters. The lowest BCUT2D eigenvalue weighted by atomic mass is 10.1. The van der Waals surface area contributed by atoms with E-state index in [2.05, 4.69) is 10.6 Å².